The van der Waals surface area contributed by atoms with Crippen molar-refractivity contribution in [1.29, 1.82) is 5.26 Å². The lowest BCUT2D eigenvalue weighted by Crippen LogP contribution is -2.02. The van der Waals surface area contributed by atoms with Crippen molar-refractivity contribution < 1.29 is 9.21 Å². The summed E-state index contributed by atoms with van der Waals surface area (Å²) in [7, 11) is 0. The molecule has 0 radical (unpaired) electrons. The van der Waals surface area contributed by atoms with Crippen LogP contribution in [0, 0.1) is 11.3 Å². The second kappa shape index (κ2) is 8.32. The van der Waals surface area contributed by atoms with E-state index in [9.17, 15) is 4.79 Å². The molecule has 0 amide bonds. The summed E-state index contributed by atoms with van der Waals surface area (Å²) in [5.74, 6) is 0.622. The van der Waals surface area contributed by atoms with Crippen LogP contribution in [0.3, 0.4) is 0 Å². The van der Waals surface area contributed by atoms with Gasteiger partial charge in [-0.15, -0.1) is 21.5 Å². The summed E-state index contributed by atoms with van der Waals surface area (Å²) in [6.07, 6.45) is 4.77. The molecule has 4 aromatic rings. The van der Waals surface area contributed by atoms with Crippen molar-refractivity contribution in [1.82, 2.24) is 25.0 Å². The molecule has 1 aromatic carbocycles. The Morgan fingerprint density at radius 2 is 2.14 bits per heavy atom. The average Bonchev–Trinajstić information content (AvgIpc) is 3.45. The summed E-state index contributed by atoms with van der Waals surface area (Å²) in [6, 6.07) is 8.11. The highest BCUT2D eigenvalue weighted by Gasteiger charge is 2.14. The number of Topliss-reactive ketones (excluding diaryl/α,β-unsaturated/α-hetero) is 1. The number of ketones is 1. The van der Waals surface area contributed by atoms with Gasteiger partial charge in [0.15, 0.2) is 0 Å². The molecule has 0 aliphatic rings. The van der Waals surface area contributed by atoms with Gasteiger partial charge in [-0.3, -0.25) is 9.48 Å². The minimum Gasteiger partial charge on any atom is -0.424 e. The number of hydrogen-bond donors (Lipinski definition) is 0. The number of fused-ring (bicyclic) bond motifs is 1. The van der Waals surface area contributed by atoms with Gasteiger partial charge in [0.25, 0.3) is 0 Å². The van der Waals surface area contributed by atoms with E-state index in [0.717, 1.165) is 32.9 Å². The van der Waals surface area contributed by atoms with Gasteiger partial charge in [0.2, 0.25) is 11.8 Å². The van der Waals surface area contributed by atoms with Crippen molar-refractivity contribution in [3.8, 4) is 17.2 Å². The zero-order valence-corrected chi connectivity index (χ0v) is 16.6. The minimum atomic E-state index is -0.0827. The van der Waals surface area contributed by atoms with Crippen LogP contribution in [-0.2, 0) is 24.2 Å². The number of nitrogens with zero attached hydrogens (tertiary/aromatic N) is 6. The van der Waals surface area contributed by atoms with E-state index in [1.807, 2.05) is 35.3 Å². The van der Waals surface area contributed by atoms with Crippen molar-refractivity contribution in [2.75, 3.05) is 0 Å². The molecule has 8 nitrogen and oxygen atoms in total. The van der Waals surface area contributed by atoms with Gasteiger partial charge < -0.3 is 4.42 Å². The Balaban J connectivity index is 1.47. The first-order valence-electron chi connectivity index (χ1n) is 9.27. The number of rotatable bonds is 8. The number of aromatic nitrogens is 5. The Morgan fingerprint density at radius 1 is 1.28 bits per heavy atom. The molecule has 3 aromatic heterocycles. The van der Waals surface area contributed by atoms with E-state index in [1.54, 1.807) is 11.3 Å². The zero-order valence-electron chi connectivity index (χ0n) is 15.8. The molecule has 0 aliphatic carbocycles. The van der Waals surface area contributed by atoms with E-state index < -0.39 is 0 Å². The van der Waals surface area contributed by atoms with Crippen molar-refractivity contribution in [3.63, 3.8) is 0 Å². The van der Waals surface area contributed by atoms with Crippen LogP contribution < -0.4 is 0 Å². The Hall–Kier alpha value is -3.38. The fourth-order valence-electron chi connectivity index (χ4n) is 2.93. The van der Waals surface area contributed by atoms with E-state index >= 15 is 0 Å². The summed E-state index contributed by atoms with van der Waals surface area (Å²) in [4.78, 5) is 16.4. The highest BCUT2D eigenvalue weighted by atomic mass is 32.1. The topological polar surface area (TPSA) is 110 Å². The molecule has 0 atom stereocenters. The maximum atomic E-state index is 11.7. The normalized spacial score (nSPS) is 11.0. The van der Waals surface area contributed by atoms with Crippen molar-refractivity contribution in [2.24, 2.45) is 0 Å². The van der Waals surface area contributed by atoms with Crippen LogP contribution in [0.15, 0.2) is 35.0 Å². The Kier molecular flexibility index (Phi) is 5.44. The van der Waals surface area contributed by atoms with Crippen molar-refractivity contribution in [3.05, 3.63) is 47.4 Å². The first-order chi connectivity index (χ1) is 14.1. The molecule has 3 heterocycles. The molecule has 9 heteroatoms. The van der Waals surface area contributed by atoms with Gasteiger partial charge in [-0.1, -0.05) is 6.07 Å². The predicted octanol–water partition coefficient (Wildman–Crippen LogP) is 3.57. The van der Waals surface area contributed by atoms with Crippen LogP contribution >= 0.6 is 11.3 Å². The van der Waals surface area contributed by atoms with Crippen LogP contribution in [0.1, 0.15) is 36.6 Å². The summed E-state index contributed by atoms with van der Waals surface area (Å²) >= 11 is 1.58. The quantitative estimate of drug-likeness (QED) is 0.440. The van der Waals surface area contributed by atoms with Gasteiger partial charge in [-0.05, 0) is 24.6 Å². The molecule has 4 rings (SSSR count). The predicted molar refractivity (Wildman–Crippen MR) is 107 cm³/mol. The van der Waals surface area contributed by atoms with Crippen molar-refractivity contribution in [2.45, 2.75) is 39.2 Å². The van der Waals surface area contributed by atoms with E-state index in [0.29, 0.717) is 12.3 Å². The Labute approximate surface area is 170 Å². The highest BCUT2D eigenvalue weighted by Crippen LogP contribution is 2.29. The Bertz CT molecular complexity index is 1200. The molecule has 0 saturated carbocycles. The minimum absolute atomic E-state index is 0.0589. The highest BCUT2D eigenvalue weighted by molar-refractivity contribution is 7.18. The molecule has 0 bridgehead atoms. The lowest BCUT2D eigenvalue weighted by atomic mass is 10.1. The third-order valence-electron chi connectivity index (χ3n) is 4.40. The Morgan fingerprint density at radius 3 is 2.93 bits per heavy atom. The van der Waals surface area contributed by atoms with E-state index in [1.165, 1.54) is 0 Å². The van der Waals surface area contributed by atoms with Gasteiger partial charge in [0.05, 0.1) is 35.3 Å². The smallest absolute Gasteiger partial charge is 0.223 e. The summed E-state index contributed by atoms with van der Waals surface area (Å²) in [5, 5.41) is 21.7. The molecule has 0 saturated heterocycles. The molecule has 0 spiro atoms. The summed E-state index contributed by atoms with van der Waals surface area (Å²) in [6.45, 7) is 2.89. The lowest BCUT2D eigenvalue weighted by molar-refractivity contribution is -0.118. The second-order valence-corrected chi connectivity index (χ2v) is 7.63. The van der Waals surface area contributed by atoms with Crippen LogP contribution in [0.2, 0.25) is 0 Å². The molecule has 146 valence electrons. The molecule has 0 N–H and O–H groups in total. The van der Waals surface area contributed by atoms with Crippen LogP contribution in [0.5, 0.6) is 0 Å². The number of hydrogen-bond acceptors (Lipinski definition) is 8. The van der Waals surface area contributed by atoms with E-state index in [4.69, 9.17) is 9.68 Å². The largest absolute Gasteiger partial charge is 0.424 e. The fourth-order valence-corrected chi connectivity index (χ4v) is 3.92. The molecule has 0 aliphatic heterocycles. The van der Waals surface area contributed by atoms with Gasteiger partial charge in [-0.25, -0.2) is 4.98 Å². The monoisotopic (exact) mass is 406 g/mol. The molecular formula is C20H18N6O2S. The number of benzene rings is 1. The molecule has 29 heavy (non-hydrogen) atoms. The van der Waals surface area contributed by atoms with Gasteiger partial charge in [0, 0.05) is 31.1 Å². The number of thiazole rings is 1. The lowest BCUT2D eigenvalue weighted by Gasteiger charge is -1.96. The number of nitriles is 1. The number of carbonyl (C=O) groups excluding carboxylic acids is 1. The maximum absolute atomic E-state index is 11.7. The van der Waals surface area contributed by atoms with E-state index in [2.05, 4.69) is 33.3 Å². The first-order valence-corrected chi connectivity index (χ1v) is 10.1. The van der Waals surface area contributed by atoms with Crippen LogP contribution in [0.25, 0.3) is 21.3 Å². The zero-order chi connectivity index (χ0) is 20.2. The summed E-state index contributed by atoms with van der Waals surface area (Å²) in [5.41, 5.74) is 3.10. The number of carbonyl (C=O) groups is 1. The number of aryl methyl sites for hydroxylation is 1. The molecule has 0 unspecified atom stereocenters. The first kappa shape index (κ1) is 19.0. The van der Waals surface area contributed by atoms with Crippen LogP contribution in [0.4, 0.5) is 0 Å². The third-order valence-corrected chi connectivity index (χ3v) is 5.42. The maximum Gasteiger partial charge on any atom is 0.223 e. The standard InChI is InChI=1S/C20H18N6O2S/c1-2-26-12-14(11-22-26)13-5-6-16-17(8-13)29-20(23-16)10-19-25-24-18(28-19)9-15(27)4-3-7-21/h5-6,8,11-12H,2-4,9-10H2,1H3. The fraction of sp³-hybridized carbons (Fsp3) is 0.300. The van der Waals surface area contributed by atoms with Gasteiger partial charge >= 0.3 is 0 Å². The van der Waals surface area contributed by atoms with E-state index in [-0.39, 0.29) is 30.9 Å². The second-order valence-electron chi connectivity index (χ2n) is 6.51. The summed E-state index contributed by atoms with van der Waals surface area (Å²) < 4.78 is 8.55. The van der Waals surface area contributed by atoms with Gasteiger partial charge in [0.1, 0.15) is 10.8 Å². The third kappa shape index (κ3) is 4.38. The molecular weight excluding hydrogens is 388 g/mol. The van der Waals surface area contributed by atoms with Crippen LogP contribution in [-0.4, -0.2) is 30.7 Å². The van der Waals surface area contributed by atoms with Gasteiger partial charge in [-0.2, -0.15) is 10.4 Å². The van der Waals surface area contributed by atoms with Crippen molar-refractivity contribution >= 4 is 27.3 Å². The molecule has 0 fully saturated rings. The SMILES string of the molecule is CCn1cc(-c2ccc3nc(Cc4nnc(CC(=O)CCC#N)o4)sc3c2)cn1. The average molecular weight is 406 g/mol.